The summed E-state index contributed by atoms with van der Waals surface area (Å²) in [4.78, 5) is 40.8. The Hall–Kier alpha value is -2.74. The highest BCUT2D eigenvalue weighted by molar-refractivity contribution is 7.18. The minimum absolute atomic E-state index is 0.152. The Bertz CT molecular complexity index is 908. The molecule has 112 valence electrons. The summed E-state index contributed by atoms with van der Waals surface area (Å²) in [7, 11) is 0. The number of hydrogen-bond donors (Lipinski definition) is 2. The molecule has 7 nitrogen and oxygen atoms in total. The normalized spacial score (nSPS) is 10.7. The van der Waals surface area contributed by atoms with Crippen molar-refractivity contribution in [1.82, 2.24) is 19.9 Å². The third-order valence-electron chi connectivity index (χ3n) is 2.99. The molecule has 0 bridgehead atoms. The number of carbonyl (C=O) groups excluding carboxylic acids is 1. The number of para-hydroxylation sites is 1. The van der Waals surface area contributed by atoms with Gasteiger partial charge in [0.2, 0.25) is 5.91 Å². The third-order valence-corrected chi connectivity index (χ3v) is 4.02. The Kier molecular flexibility index (Phi) is 3.84. The van der Waals surface area contributed by atoms with E-state index in [1.165, 1.54) is 23.6 Å². The van der Waals surface area contributed by atoms with Crippen molar-refractivity contribution >= 4 is 27.5 Å². The molecule has 0 aliphatic carbocycles. The van der Waals surface area contributed by atoms with E-state index < -0.39 is 11.2 Å². The molecule has 3 rings (SSSR count). The lowest BCUT2D eigenvalue weighted by molar-refractivity contribution is -0.121. The average Bonchev–Trinajstić information content (AvgIpc) is 2.91. The molecule has 0 fully saturated rings. The minimum atomic E-state index is -0.609. The number of hydrogen-bond acceptors (Lipinski definition) is 5. The van der Waals surface area contributed by atoms with Gasteiger partial charge in [-0.05, 0) is 12.1 Å². The van der Waals surface area contributed by atoms with E-state index in [-0.39, 0.29) is 12.5 Å². The van der Waals surface area contributed by atoms with Crippen LogP contribution in [-0.2, 0) is 17.9 Å². The number of aromatic amines is 1. The Labute approximate surface area is 128 Å². The van der Waals surface area contributed by atoms with E-state index in [0.717, 1.165) is 19.8 Å². The van der Waals surface area contributed by atoms with Crippen molar-refractivity contribution in [3.8, 4) is 0 Å². The van der Waals surface area contributed by atoms with Gasteiger partial charge in [-0.25, -0.2) is 9.78 Å². The van der Waals surface area contributed by atoms with Crippen LogP contribution in [0.1, 0.15) is 5.01 Å². The second kappa shape index (κ2) is 5.94. The molecule has 1 amide bonds. The molecule has 0 saturated carbocycles. The van der Waals surface area contributed by atoms with Crippen molar-refractivity contribution in [1.29, 1.82) is 0 Å². The SMILES string of the molecule is O=C(Cn1ccc(=O)[nH]c1=O)NCc1nc2ccccc2s1. The van der Waals surface area contributed by atoms with Gasteiger partial charge >= 0.3 is 5.69 Å². The molecule has 0 radical (unpaired) electrons. The molecule has 0 saturated heterocycles. The van der Waals surface area contributed by atoms with E-state index in [1.807, 2.05) is 24.3 Å². The van der Waals surface area contributed by atoms with Crippen LogP contribution in [0.5, 0.6) is 0 Å². The van der Waals surface area contributed by atoms with E-state index in [9.17, 15) is 14.4 Å². The van der Waals surface area contributed by atoms with Gasteiger partial charge in [0.1, 0.15) is 11.6 Å². The Morgan fingerprint density at radius 2 is 2.09 bits per heavy atom. The van der Waals surface area contributed by atoms with Crippen LogP contribution in [-0.4, -0.2) is 20.4 Å². The molecule has 2 aromatic heterocycles. The van der Waals surface area contributed by atoms with Gasteiger partial charge in [-0.15, -0.1) is 11.3 Å². The predicted octanol–water partition coefficient (Wildman–Crippen LogP) is 0.463. The van der Waals surface area contributed by atoms with E-state index in [4.69, 9.17) is 0 Å². The van der Waals surface area contributed by atoms with Gasteiger partial charge in [0.15, 0.2) is 0 Å². The van der Waals surface area contributed by atoms with Gasteiger partial charge in [-0.3, -0.25) is 19.1 Å². The first-order chi connectivity index (χ1) is 10.6. The maximum absolute atomic E-state index is 11.9. The highest BCUT2D eigenvalue weighted by Crippen LogP contribution is 2.21. The zero-order valence-corrected chi connectivity index (χ0v) is 12.2. The molecule has 0 atom stereocenters. The summed E-state index contributed by atoms with van der Waals surface area (Å²) >= 11 is 1.51. The monoisotopic (exact) mass is 316 g/mol. The maximum Gasteiger partial charge on any atom is 0.328 e. The van der Waals surface area contributed by atoms with Crippen molar-refractivity contribution in [2.45, 2.75) is 13.1 Å². The lowest BCUT2D eigenvalue weighted by atomic mass is 10.3. The number of nitrogens with one attached hydrogen (secondary N) is 2. The average molecular weight is 316 g/mol. The van der Waals surface area contributed by atoms with Crippen LogP contribution in [0.25, 0.3) is 10.2 Å². The lowest BCUT2D eigenvalue weighted by Gasteiger charge is -2.05. The fraction of sp³-hybridized carbons (Fsp3) is 0.143. The summed E-state index contributed by atoms with van der Waals surface area (Å²) in [5, 5.41) is 3.50. The molecule has 1 aromatic carbocycles. The van der Waals surface area contributed by atoms with Gasteiger partial charge in [0, 0.05) is 12.3 Å². The summed E-state index contributed by atoms with van der Waals surface area (Å²) in [5.41, 5.74) is -0.202. The van der Waals surface area contributed by atoms with Gasteiger partial charge < -0.3 is 5.32 Å². The maximum atomic E-state index is 11.9. The number of benzene rings is 1. The molecule has 2 N–H and O–H groups in total. The molecule has 3 aromatic rings. The fourth-order valence-corrected chi connectivity index (χ4v) is 2.86. The number of nitrogens with zero attached hydrogens (tertiary/aromatic N) is 2. The number of fused-ring (bicyclic) bond motifs is 1. The highest BCUT2D eigenvalue weighted by atomic mass is 32.1. The van der Waals surface area contributed by atoms with Gasteiger partial charge in [-0.2, -0.15) is 0 Å². The number of H-pyrrole nitrogens is 1. The first-order valence-electron chi connectivity index (χ1n) is 6.53. The molecule has 22 heavy (non-hydrogen) atoms. The first-order valence-corrected chi connectivity index (χ1v) is 7.34. The van der Waals surface area contributed by atoms with E-state index in [1.54, 1.807) is 0 Å². The standard InChI is InChI=1S/C14H12N4O3S/c19-11-5-6-18(14(21)17-11)8-12(20)15-7-13-16-9-3-1-2-4-10(9)22-13/h1-6H,7-8H2,(H,15,20)(H,17,19,21). The predicted molar refractivity (Wildman–Crippen MR) is 82.8 cm³/mol. The lowest BCUT2D eigenvalue weighted by Crippen LogP contribution is -2.35. The van der Waals surface area contributed by atoms with Crippen LogP contribution in [0, 0.1) is 0 Å². The Morgan fingerprint density at radius 3 is 2.86 bits per heavy atom. The second-order valence-corrected chi connectivity index (χ2v) is 5.71. The summed E-state index contributed by atoms with van der Waals surface area (Å²) in [6.45, 7) is 0.150. The summed E-state index contributed by atoms with van der Waals surface area (Å²) in [6.07, 6.45) is 1.29. The quantitative estimate of drug-likeness (QED) is 0.731. The summed E-state index contributed by atoms with van der Waals surface area (Å²) in [6, 6.07) is 8.93. The molecule has 0 unspecified atom stereocenters. The topological polar surface area (TPSA) is 96.9 Å². The molecule has 0 aliphatic rings. The van der Waals surface area contributed by atoms with Crippen LogP contribution >= 0.6 is 11.3 Å². The van der Waals surface area contributed by atoms with Crippen LogP contribution in [0.4, 0.5) is 0 Å². The van der Waals surface area contributed by atoms with E-state index >= 15 is 0 Å². The zero-order chi connectivity index (χ0) is 15.5. The number of aromatic nitrogens is 3. The second-order valence-electron chi connectivity index (χ2n) is 4.59. The van der Waals surface area contributed by atoms with Crippen LogP contribution < -0.4 is 16.6 Å². The van der Waals surface area contributed by atoms with Gasteiger partial charge in [-0.1, -0.05) is 12.1 Å². The van der Waals surface area contributed by atoms with Gasteiger partial charge in [0.25, 0.3) is 5.56 Å². The molecular formula is C14H12N4O3S. The number of thiazole rings is 1. The van der Waals surface area contributed by atoms with Crippen molar-refractivity contribution < 1.29 is 4.79 Å². The molecule has 8 heteroatoms. The van der Waals surface area contributed by atoms with Crippen LogP contribution in [0.2, 0.25) is 0 Å². The summed E-state index contributed by atoms with van der Waals surface area (Å²) < 4.78 is 2.19. The van der Waals surface area contributed by atoms with Crippen molar-refractivity contribution in [3.05, 3.63) is 62.4 Å². The number of amides is 1. The number of carbonyl (C=O) groups is 1. The van der Waals surface area contributed by atoms with Crippen molar-refractivity contribution in [2.75, 3.05) is 0 Å². The molecule has 0 spiro atoms. The Morgan fingerprint density at radius 1 is 1.27 bits per heavy atom. The first kappa shape index (κ1) is 14.2. The summed E-state index contributed by atoms with van der Waals surface area (Å²) in [5.74, 6) is -0.326. The molecule has 2 heterocycles. The fourth-order valence-electron chi connectivity index (χ4n) is 1.95. The van der Waals surface area contributed by atoms with Crippen LogP contribution in [0.15, 0.2) is 46.1 Å². The van der Waals surface area contributed by atoms with E-state index in [2.05, 4.69) is 15.3 Å². The number of rotatable bonds is 4. The van der Waals surface area contributed by atoms with Crippen LogP contribution in [0.3, 0.4) is 0 Å². The highest BCUT2D eigenvalue weighted by Gasteiger charge is 2.07. The molecule has 0 aliphatic heterocycles. The minimum Gasteiger partial charge on any atom is -0.348 e. The van der Waals surface area contributed by atoms with Crippen molar-refractivity contribution in [2.24, 2.45) is 0 Å². The van der Waals surface area contributed by atoms with Gasteiger partial charge in [0.05, 0.1) is 16.8 Å². The van der Waals surface area contributed by atoms with Crippen molar-refractivity contribution in [3.63, 3.8) is 0 Å². The zero-order valence-electron chi connectivity index (χ0n) is 11.4. The Balaban J connectivity index is 1.64. The smallest absolute Gasteiger partial charge is 0.328 e. The van der Waals surface area contributed by atoms with E-state index in [0.29, 0.717) is 6.54 Å². The third kappa shape index (κ3) is 3.12. The molecular weight excluding hydrogens is 304 g/mol. The largest absolute Gasteiger partial charge is 0.348 e.